The Balaban J connectivity index is 1.02. The van der Waals surface area contributed by atoms with Gasteiger partial charge in [-0.05, 0) is 58.1 Å². The van der Waals surface area contributed by atoms with E-state index in [2.05, 4.69) is 15.6 Å². The number of amides is 2. The third kappa shape index (κ3) is 5.71. The Bertz CT molecular complexity index is 2090. The maximum Gasteiger partial charge on any atom is 0.261 e. The summed E-state index contributed by atoms with van der Waals surface area (Å²) < 4.78 is 15.3. The fourth-order valence-electron chi connectivity index (χ4n) is 6.66. The molecule has 1 fully saturated rings. The number of benzene rings is 5. The van der Waals surface area contributed by atoms with E-state index >= 15 is 0 Å². The van der Waals surface area contributed by atoms with E-state index in [0.29, 0.717) is 24.1 Å². The Morgan fingerprint density at radius 1 is 0.708 bits per heavy atom. The van der Waals surface area contributed by atoms with Gasteiger partial charge >= 0.3 is 0 Å². The van der Waals surface area contributed by atoms with Crippen LogP contribution in [0.1, 0.15) is 61.8 Å². The van der Waals surface area contributed by atoms with Gasteiger partial charge in [0.1, 0.15) is 0 Å². The Morgan fingerprint density at radius 2 is 1.42 bits per heavy atom. The van der Waals surface area contributed by atoms with E-state index in [-0.39, 0.29) is 37.2 Å². The molecule has 3 unspecified atom stereocenters. The van der Waals surface area contributed by atoms with Crippen LogP contribution in [0.4, 0.5) is 0 Å². The number of aliphatic hydroxyl groups excluding tert-OH is 1. The Kier molecular flexibility index (Phi) is 7.90. The highest BCUT2D eigenvalue weighted by atomic mass is 16.7. The van der Waals surface area contributed by atoms with Gasteiger partial charge in [-0.15, -0.1) is 0 Å². The molecule has 1 N–H and O–H groups in total. The predicted octanol–water partition coefficient (Wildman–Crippen LogP) is 7.24. The van der Waals surface area contributed by atoms with Crippen LogP contribution in [-0.2, 0) is 29.2 Å². The van der Waals surface area contributed by atoms with Crippen molar-refractivity contribution in [2.24, 2.45) is 0 Å². The maximum absolute atomic E-state index is 12.9. The molecule has 2 aliphatic rings. The molecule has 0 radical (unpaired) electrons. The first-order chi connectivity index (χ1) is 23.5. The van der Waals surface area contributed by atoms with Crippen LogP contribution < -0.4 is 0 Å². The lowest BCUT2D eigenvalue weighted by Gasteiger charge is -2.36. The fourth-order valence-corrected chi connectivity index (χ4v) is 6.66. The molecule has 48 heavy (non-hydrogen) atoms. The van der Waals surface area contributed by atoms with Crippen molar-refractivity contribution in [2.75, 3.05) is 0 Å². The van der Waals surface area contributed by atoms with Crippen molar-refractivity contribution in [3.63, 3.8) is 0 Å². The van der Waals surface area contributed by atoms with Gasteiger partial charge in [0.05, 0.1) is 60.4 Å². The normalized spacial score (nSPS) is 19.2. The average Bonchev–Trinajstić information content (AvgIpc) is 3.65. The highest BCUT2D eigenvalue weighted by Crippen LogP contribution is 2.39. The van der Waals surface area contributed by atoms with Crippen LogP contribution in [0.25, 0.3) is 22.2 Å². The summed E-state index contributed by atoms with van der Waals surface area (Å²) in [5, 5.41) is 9.55. The van der Waals surface area contributed by atoms with Crippen molar-refractivity contribution in [2.45, 2.75) is 44.6 Å². The maximum atomic E-state index is 12.9. The van der Waals surface area contributed by atoms with Gasteiger partial charge in [0.2, 0.25) is 0 Å². The Hall–Kier alpha value is -5.41. The first-order valence-corrected chi connectivity index (χ1v) is 16.1. The number of aliphatic hydroxyl groups is 1. The molecule has 0 aliphatic carbocycles. The minimum absolute atomic E-state index is 0.00804. The number of carbonyl (C=O) groups excluding carboxylic acids is 2. The molecule has 6 aromatic rings. The fraction of sp³-hybridized carbons (Fsp3) is 0.175. The van der Waals surface area contributed by atoms with E-state index in [0.717, 1.165) is 44.4 Å². The third-order valence-electron chi connectivity index (χ3n) is 9.20. The molecule has 3 atom stereocenters. The molecule has 1 saturated heterocycles. The predicted molar refractivity (Wildman–Crippen MR) is 181 cm³/mol. The minimum atomic E-state index is -0.588. The van der Waals surface area contributed by atoms with Gasteiger partial charge in [-0.25, -0.2) is 4.98 Å². The molecule has 0 bridgehead atoms. The monoisotopic (exact) mass is 635 g/mol. The number of hydrogen-bond donors (Lipinski definition) is 1. The SMILES string of the molecule is O=C1c2ccccc2C(=O)N1Cc1cccc(-c2ccc(C3OC(Cn4cnc5ccccc54)CC(c4ccc(CO)cc4)O3)cc2)c1. The van der Waals surface area contributed by atoms with E-state index in [1.54, 1.807) is 24.3 Å². The number of aromatic nitrogens is 2. The zero-order valence-corrected chi connectivity index (χ0v) is 26.1. The smallest absolute Gasteiger partial charge is 0.261 e. The number of imidazole rings is 1. The lowest BCUT2D eigenvalue weighted by Crippen LogP contribution is -2.32. The van der Waals surface area contributed by atoms with E-state index in [1.165, 1.54) is 4.90 Å². The number of hydrogen-bond acceptors (Lipinski definition) is 6. The van der Waals surface area contributed by atoms with E-state index in [9.17, 15) is 14.7 Å². The summed E-state index contributed by atoms with van der Waals surface area (Å²) in [6.45, 7) is 0.825. The van der Waals surface area contributed by atoms with Crippen molar-refractivity contribution < 1.29 is 24.2 Å². The highest BCUT2D eigenvalue weighted by molar-refractivity contribution is 6.21. The lowest BCUT2D eigenvalue weighted by molar-refractivity contribution is -0.252. The average molecular weight is 636 g/mol. The largest absolute Gasteiger partial charge is 0.392 e. The second-order valence-electron chi connectivity index (χ2n) is 12.3. The van der Waals surface area contributed by atoms with Gasteiger partial charge in [-0.2, -0.15) is 0 Å². The van der Waals surface area contributed by atoms with Gasteiger partial charge < -0.3 is 19.1 Å². The summed E-state index contributed by atoms with van der Waals surface area (Å²) in [7, 11) is 0. The Labute approximate surface area is 277 Å². The Morgan fingerprint density at radius 3 is 2.17 bits per heavy atom. The van der Waals surface area contributed by atoms with Gasteiger partial charge in [0, 0.05) is 12.0 Å². The molecule has 8 heteroatoms. The number of carbonyl (C=O) groups is 2. The van der Waals surface area contributed by atoms with E-state index in [4.69, 9.17) is 9.47 Å². The number of fused-ring (bicyclic) bond motifs is 2. The van der Waals surface area contributed by atoms with Crippen molar-refractivity contribution in [3.8, 4) is 11.1 Å². The first kappa shape index (κ1) is 30.0. The van der Waals surface area contributed by atoms with Crippen LogP contribution in [0, 0.1) is 0 Å². The van der Waals surface area contributed by atoms with Gasteiger partial charge in [0.15, 0.2) is 6.29 Å². The van der Waals surface area contributed by atoms with Crippen molar-refractivity contribution in [1.29, 1.82) is 0 Å². The molecule has 8 rings (SSSR count). The van der Waals surface area contributed by atoms with Crippen LogP contribution >= 0.6 is 0 Å². The molecule has 8 nitrogen and oxygen atoms in total. The van der Waals surface area contributed by atoms with Crippen LogP contribution in [0.3, 0.4) is 0 Å². The summed E-state index contributed by atoms with van der Waals surface area (Å²) in [5.41, 5.74) is 8.54. The van der Waals surface area contributed by atoms with Crippen LogP contribution in [0.5, 0.6) is 0 Å². The molecule has 2 aliphatic heterocycles. The summed E-state index contributed by atoms with van der Waals surface area (Å²) in [6.07, 6.45) is 1.60. The van der Waals surface area contributed by atoms with Crippen LogP contribution in [0.2, 0.25) is 0 Å². The van der Waals surface area contributed by atoms with Gasteiger partial charge in [-0.1, -0.05) is 91.0 Å². The third-order valence-corrected chi connectivity index (χ3v) is 9.20. The summed E-state index contributed by atoms with van der Waals surface area (Å²) >= 11 is 0. The quantitative estimate of drug-likeness (QED) is 0.177. The highest BCUT2D eigenvalue weighted by Gasteiger charge is 2.35. The lowest BCUT2D eigenvalue weighted by atomic mass is 9.99. The topological polar surface area (TPSA) is 93.9 Å². The summed E-state index contributed by atoms with van der Waals surface area (Å²) in [4.78, 5) is 31.7. The first-order valence-electron chi connectivity index (χ1n) is 16.1. The molecule has 238 valence electrons. The van der Waals surface area contributed by atoms with Gasteiger partial charge in [-0.3, -0.25) is 14.5 Å². The zero-order chi connectivity index (χ0) is 32.6. The summed E-state index contributed by atoms with van der Waals surface area (Å²) in [5.74, 6) is -0.528. The zero-order valence-electron chi connectivity index (χ0n) is 26.1. The molecular weight excluding hydrogens is 602 g/mol. The number of nitrogens with zero attached hydrogens (tertiary/aromatic N) is 3. The standard InChI is InChI=1S/C40H33N3O5/c44-24-26-12-14-29(15-13-26)37-21-32(23-42-25-41-35-10-3-4-11-36(35)42)47-40(48-37)30-18-16-28(17-19-30)31-7-5-6-27(20-31)22-43-38(45)33-8-1-2-9-34(33)39(43)46/h1-20,25,32,37,40,44H,21-24H2. The van der Waals surface area contributed by atoms with Gasteiger partial charge in [0.25, 0.3) is 11.8 Å². The molecule has 0 saturated carbocycles. The molecule has 0 spiro atoms. The minimum Gasteiger partial charge on any atom is -0.392 e. The molecule has 5 aromatic carbocycles. The van der Waals surface area contributed by atoms with Crippen molar-refractivity contribution >= 4 is 22.8 Å². The number of imide groups is 1. The summed E-state index contributed by atoms with van der Waals surface area (Å²) in [6, 6.07) is 39.0. The number of rotatable bonds is 8. The molecular formula is C40H33N3O5. The van der Waals surface area contributed by atoms with Crippen LogP contribution in [0.15, 0.2) is 128 Å². The number of para-hydroxylation sites is 2. The second kappa shape index (κ2) is 12.7. The number of ether oxygens (including phenoxy) is 2. The van der Waals surface area contributed by atoms with Crippen molar-refractivity contribution in [3.05, 3.63) is 161 Å². The van der Waals surface area contributed by atoms with Crippen LogP contribution in [-0.4, -0.2) is 37.5 Å². The molecule has 1 aromatic heterocycles. The molecule has 3 heterocycles. The molecule has 2 amide bonds. The van der Waals surface area contributed by atoms with Crippen molar-refractivity contribution in [1.82, 2.24) is 14.5 Å². The van der Waals surface area contributed by atoms with E-state index < -0.39 is 6.29 Å². The second-order valence-corrected chi connectivity index (χ2v) is 12.3. The van der Waals surface area contributed by atoms with E-state index in [1.807, 2.05) is 97.3 Å².